The first kappa shape index (κ1) is 38.2. The summed E-state index contributed by atoms with van der Waals surface area (Å²) in [6.07, 6.45) is -5.45. The minimum Gasteiger partial charge on any atom is -0.457 e. The molecule has 2 unspecified atom stereocenters. The third-order valence-electron chi connectivity index (χ3n) is 11.2. The first-order valence-electron chi connectivity index (χ1n) is 16.9. The Morgan fingerprint density at radius 2 is 1.72 bits per heavy atom. The van der Waals surface area contributed by atoms with Crippen LogP contribution in [-0.4, -0.2) is 97.4 Å². The number of rotatable bonds is 6. The average molecular weight is 719 g/mol. The van der Waals surface area contributed by atoms with Gasteiger partial charge in [0.15, 0.2) is 5.78 Å². The number of ether oxygens (including phenoxy) is 4. The van der Waals surface area contributed by atoms with Crippen molar-refractivity contribution in [1.82, 2.24) is 10.6 Å². The highest BCUT2D eigenvalue weighted by atomic mass is 32.1. The van der Waals surface area contributed by atoms with Gasteiger partial charge in [-0.3, -0.25) is 19.7 Å². The first-order chi connectivity index (χ1) is 23.0. The van der Waals surface area contributed by atoms with Gasteiger partial charge in [0.1, 0.15) is 35.3 Å². The summed E-state index contributed by atoms with van der Waals surface area (Å²) in [5, 5.41) is 41.1. The van der Waals surface area contributed by atoms with Gasteiger partial charge in [0.25, 0.3) is 0 Å². The minimum atomic E-state index is -1.84. The predicted octanol–water partition coefficient (Wildman–Crippen LogP) is 2.81. The van der Waals surface area contributed by atoms with E-state index in [0.717, 1.165) is 0 Å². The van der Waals surface area contributed by atoms with Crippen molar-refractivity contribution in [1.29, 1.82) is 0 Å². The molecule has 1 saturated carbocycles. The van der Waals surface area contributed by atoms with Crippen LogP contribution in [0, 0.1) is 5.41 Å². The SMILES string of the molecule is CC(=O)O[C@@]12CO[C@]1(C)C[C@H](O)[C@]1(C)CCC3(O)C[C@H](OC(=O)[C@H](S)[C@@H](NC(=O)OC(C)(C)C)c4ccccc4)C(C)=C([C@@H](O)C1=O)C3(C)N2. The second kappa shape index (κ2) is 12.9. The summed E-state index contributed by atoms with van der Waals surface area (Å²) in [6, 6.07) is 7.74. The molecule has 4 fully saturated rings. The molecule has 276 valence electrons. The number of hydrogen-bond donors (Lipinski definition) is 6. The Bertz CT molecular complexity index is 1580. The lowest BCUT2D eigenvalue weighted by Crippen LogP contribution is -2.84. The molecule has 0 aromatic heterocycles. The van der Waals surface area contributed by atoms with Gasteiger partial charge >= 0.3 is 18.0 Å². The fourth-order valence-electron chi connectivity index (χ4n) is 8.03. The summed E-state index contributed by atoms with van der Waals surface area (Å²) in [4.78, 5) is 53.5. The number of fused-ring (bicyclic) bond motifs is 3. The molecule has 2 aliphatic carbocycles. The molecule has 5 N–H and O–H groups in total. The number of Topliss-reactive ketones (excluding diaryl/α,β-unsaturated/α-hetero) is 1. The molecule has 3 aliphatic heterocycles. The largest absolute Gasteiger partial charge is 0.457 e. The third-order valence-corrected chi connectivity index (χ3v) is 11.7. The average Bonchev–Trinajstić information content (AvgIpc) is 3.02. The number of thiol groups is 1. The molecule has 0 spiro atoms. The number of esters is 2. The molecule has 3 saturated heterocycles. The van der Waals surface area contributed by atoms with Crippen molar-refractivity contribution in [2.45, 2.75) is 139 Å². The molecular weight excluding hydrogens is 668 g/mol. The Morgan fingerprint density at radius 3 is 2.28 bits per heavy atom. The number of ketones is 1. The highest BCUT2D eigenvalue weighted by molar-refractivity contribution is 7.81. The number of benzene rings is 1. The van der Waals surface area contributed by atoms with Gasteiger partial charge in [-0.25, -0.2) is 4.79 Å². The van der Waals surface area contributed by atoms with E-state index in [-0.39, 0.29) is 43.4 Å². The minimum absolute atomic E-state index is 0.0213. The molecule has 1 amide bonds. The van der Waals surface area contributed by atoms with E-state index in [1.807, 2.05) is 0 Å². The van der Waals surface area contributed by atoms with Gasteiger partial charge in [-0.2, -0.15) is 12.6 Å². The molecule has 3 heterocycles. The molecule has 10 atom stereocenters. The van der Waals surface area contributed by atoms with E-state index >= 15 is 0 Å². The maximum atomic E-state index is 14.2. The number of aliphatic hydroxyl groups is 3. The van der Waals surface area contributed by atoms with Crippen LogP contribution >= 0.6 is 12.6 Å². The zero-order chi connectivity index (χ0) is 37.2. The Kier molecular flexibility index (Phi) is 9.85. The maximum absolute atomic E-state index is 14.2. The van der Waals surface area contributed by atoms with Gasteiger partial charge in [-0.05, 0) is 71.1 Å². The van der Waals surface area contributed by atoms with E-state index in [0.29, 0.717) is 5.56 Å². The molecular formula is C36H50N2O11S. The van der Waals surface area contributed by atoms with E-state index in [9.17, 15) is 34.5 Å². The summed E-state index contributed by atoms with van der Waals surface area (Å²) >= 11 is 4.59. The monoisotopic (exact) mass is 718 g/mol. The zero-order valence-corrected chi connectivity index (χ0v) is 30.8. The fraction of sp³-hybridized carbons (Fsp3) is 0.667. The summed E-state index contributed by atoms with van der Waals surface area (Å²) < 4.78 is 23.3. The normalized spacial score (nSPS) is 38.1. The molecule has 1 aromatic carbocycles. The van der Waals surface area contributed by atoms with Crippen molar-refractivity contribution >= 4 is 36.4 Å². The Labute approximate surface area is 297 Å². The molecule has 6 rings (SSSR count). The van der Waals surface area contributed by atoms with Crippen LogP contribution in [0.25, 0.3) is 0 Å². The van der Waals surface area contributed by atoms with Crippen LogP contribution in [0.5, 0.6) is 0 Å². The number of aliphatic hydroxyl groups excluding tert-OH is 2. The standard InChI is InChI=1S/C36H50N2O11S/c1-19-22(47-29(43)27(50)25(21-12-10-9-11-13-21)37-30(44)49-31(3,4)5)16-35(45)15-14-32(6)23(40)17-33(7)36(18-46-33,48-20(2)39)38-34(35,8)24(19)26(41)28(32)42/h9-13,22-23,25-27,38,40-41,45,50H,14-18H2,1-8H3,(H,37,44)/t22-,23-,25-,26+,27+,32-,33+,34?,35?,36-/m0/s1. The quantitative estimate of drug-likeness (QED) is 0.109. The van der Waals surface area contributed by atoms with Crippen molar-refractivity contribution in [2.24, 2.45) is 5.41 Å². The van der Waals surface area contributed by atoms with Crippen LogP contribution in [0.4, 0.5) is 4.79 Å². The molecule has 4 bridgehead atoms. The van der Waals surface area contributed by atoms with Crippen LogP contribution in [0.1, 0.15) is 92.7 Å². The molecule has 13 nitrogen and oxygen atoms in total. The van der Waals surface area contributed by atoms with Crippen LogP contribution in [-0.2, 0) is 33.3 Å². The molecule has 1 aromatic rings. The Balaban J connectivity index is 1.57. The Morgan fingerprint density at radius 1 is 1.08 bits per heavy atom. The van der Waals surface area contributed by atoms with Crippen molar-refractivity contribution in [3.8, 4) is 0 Å². The number of alkyl carbamates (subject to hydrolysis) is 1. The molecule has 5 aliphatic rings. The highest BCUT2D eigenvalue weighted by Crippen LogP contribution is 2.56. The zero-order valence-electron chi connectivity index (χ0n) is 29.9. The number of carbonyl (C=O) groups excluding carboxylic acids is 4. The summed E-state index contributed by atoms with van der Waals surface area (Å²) in [5.74, 6) is -2.14. The van der Waals surface area contributed by atoms with Gasteiger partial charge in [-0.1, -0.05) is 37.3 Å². The van der Waals surface area contributed by atoms with E-state index < -0.39 is 86.9 Å². The number of nitrogens with one attached hydrogen (secondary N) is 2. The number of carbonyl (C=O) groups is 4. The first-order valence-corrected chi connectivity index (χ1v) is 17.4. The van der Waals surface area contributed by atoms with E-state index in [1.54, 1.807) is 78.8 Å². The lowest BCUT2D eigenvalue weighted by Gasteiger charge is -2.65. The lowest BCUT2D eigenvalue weighted by atomic mass is 9.54. The van der Waals surface area contributed by atoms with Crippen molar-refractivity contribution in [2.75, 3.05) is 6.61 Å². The number of amides is 1. The number of hydrogen-bond acceptors (Lipinski definition) is 13. The van der Waals surface area contributed by atoms with Crippen molar-refractivity contribution < 1.29 is 53.4 Å². The lowest BCUT2D eigenvalue weighted by molar-refractivity contribution is -0.337. The Hall–Kier alpha value is -3.01. The summed E-state index contributed by atoms with van der Waals surface area (Å²) in [5.41, 5.74) is -7.73. The van der Waals surface area contributed by atoms with Gasteiger partial charge in [0.2, 0.25) is 5.72 Å². The van der Waals surface area contributed by atoms with Crippen LogP contribution in [0.3, 0.4) is 0 Å². The molecule has 14 heteroatoms. The van der Waals surface area contributed by atoms with Gasteiger partial charge < -0.3 is 39.6 Å². The second-order valence-electron chi connectivity index (χ2n) is 15.8. The summed E-state index contributed by atoms with van der Waals surface area (Å²) in [6.45, 7) is 12.7. The van der Waals surface area contributed by atoms with E-state index in [2.05, 4.69) is 23.3 Å². The van der Waals surface area contributed by atoms with Gasteiger partial charge in [0, 0.05) is 19.8 Å². The van der Waals surface area contributed by atoms with Crippen LogP contribution in [0.2, 0.25) is 0 Å². The third kappa shape index (κ3) is 6.36. The van der Waals surface area contributed by atoms with E-state index in [1.165, 1.54) is 6.92 Å². The fourth-order valence-corrected chi connectivity index (χ4v) is 8.34. The molecule has 0 radical (unpaired) electrons. The van der Waals surface area contributed by atoms with E-state index in [4.69, 9.17) is 18.9 Å². The maximum Gasteiger partial charge on any atom is 0.408 e. The smallest absolute Gasteiger partial charge is 0.408 e. The molecule has 50 heavy (non-hydrogen) atoms. The topological polar surface area (TPSA) is 190 Å². The summed E-state index contributed by atoms with van der Waals surface area (Å²) in [7, 11) is 0. The van der Waals surface area contributed by atoms with Crippen molar-refractivity contribution in [3.63, 3.8) is 0 Å². The predicted molar refractivity (Wildman–Crippen MR) is 183 cm³/mol. The van der Waals surface area contributed by atoms with Gasteiger partial charge in [0.05, 0.1) is 28.7 Å². The van der Waals surface area contributed by atoms with Crippen molar-refractivity contribution in [3.05, 3.63) is 47.0 Å². The van der Waals surface area contributed by atoms with Crippen LogP contribution < -0.4 is 10.6 Å². The van der Waals surface area contributed by atoms with Gasteiger partial charge in [-0.15, -0.1) is 0 Å². The van der Waals surface area contributed by atoms with Crippen LogP contribution in [0.15, 0.2) is 41.5 Å². The second-order valence-corrected chi connectivity index (χ2v) is 16.4. The highest BCUT2D eigenvalue weighted by Gasteiger charge is 2.71.